The Bertz CT molecular complexity index is 472. The normalized spacial score (nSPS) is 28.9. The van der Waals surface area contributed by atoms with Crippen molar-refractivity contribution in [2.45, 2.75) is 44.4 Å². The van der Waals surface area contributed by atoms with Crippen molar-refractivity contribution < 1.29 is 9.53 Å². The monoisotopic (exact) mass is 274 g/mol. The Labute approximate surface area is 119 Å². The van der Waals surface area contributed by atoms with Gasteiger partial charge in [-0.3, -0.25) is 4.79 Å². The molecular weight excluding hydrogens is 252 g/mol. The largest absolute Gasteiger partial charge is 0.378 e. The van der Waals surface area contributed by atoms with E-state index in [-0.39, 0.29) is 11.9 Å². The van der Waals surface area contributed by atoms with Crippen LogP contribution in [0.15, 0.2) is 24.3 Å². The molecule has 2 fully saturated rings. The summed E-state index contributed by atoms with van der Waals surface area (Å²) in [7, 11) is 0. The van der Waals surface area contributed by atoms with Crippen molar-refractivity contribution in [3.05, 3.63) is 35.4 Å². The van der Waals surface area contributed by atoms with E-state index in [4.69, 9.17) is 10.5 Å². The van der Waals surface area contributed by atoms with Gasteiger partial charge in [-0.05, 0) is 43.4 Å². The summed E-state index contributed by atoms with van der Waals surface area (Å²) in [6.45, 7) is 1.35. The predicted octanol–water partition coefficient (Wildman–Crippen LogP) is 1.83. The van der Waals surface area contributed by atoms with E-state index in [9.17, 15) is 4.79 Å². The van der Waals surface area contributed by atoms with Crippen molar-refractivity contribution in [1.29, 1.82) is 0 Å². The second-order valence-electron chi connectivity index (χ2n) is 5.77. The van der Waals surface area contributed by atoms with E-state index in [1.807, 2.05) is 24.3 Å². The second-order valence-corrected chi connectivity index (χ2v) is 5.77. The maximum Gasteiger partial charge on any atom is 0.251 e. The van der Waals surface area contributed by atoms with Gasteiger partial charge in [-0.15, -0.1) is 0 Å². The third-order valence-electron chi connectivity index (χ3n) is 4.55. The fourth-order valence-corrected chi connectivity index (χ4v) is 3.40. The second kappa shape index (κ2) is 5.94. The molecule has 1 aliphatic carbocycles. The first-order valence-corrected chi connectivity index (χ1v) is 7.49. The molecule has 0 radical (unpaired) electrons. The number of benzene rings is 1. The molecule has 0 bridgehead atoms. The number of nitrogens with two attached hydrogens (primary N) is 1. The molecule has 3 atom stereocenters. The van der Waals surface area contributed by atoms with Gasteiger partial charge in [0.05, 0.1) is 6.10 Å². The molecule has 0 unspecified atom stereocenters. The summed E-state index contributed by atoms with van der Waals surface area (Å²) < 4.78 is 5.74. The number of rotatable bonds is 3. The van der Waals surface area contributed by atoms with Gasteiger partial charge in [0.1, 0.15) is 0 Å². The minimum Gasteiger partial charge on any atom is -0.378 e. The average molecular weight is 274 g/mol. The molecular formula is C16H22N2O2. The van der Waals surface area contributed by atoms with Crippen LogP contribution in [0.5, 0.6) is 0 Å². The molecule has 1 aliphatic heterocycles. The van der Waals surface area contributed by atoms with Gasteiger partial charge >= 0.3 is 0 Å². The maximum atomic E-state index is 12.3. The van der Waals surface area contributed by atoms with Crippen LogP contribution in [0.3, 0.4) is 0 Å². The molecule has 3 rings (SSSR count). The third-order valence-corrected chi connectivity index (χ3v) is 4.55. The Hall–Kier alpha value is -1.39. The predicted molar refractivity (Wildman–Crippen MR) is 77.3 cm³/mol. The topological polar surface area (TPSA) is 64.4 Å². The van der Waals surface area contributed by atoms with Crippen LogP contribution >= 0.6 is 0 Å². The van der Waals surface area contributed by atoms with Gasteiger partial charge < -0.3 is 15.8 Å². The van der Waals surface area contributed by atoms with Crippen molar-refractivity contribution >= 4 is 5.91 Å². The van der Waals surface area contributed by atoms with Crippen LogP contribution in [-0.4, -0.2) is 24.7 Å². The number of amides is 1. The minimum atomic E-state index is 0.0196. The Morgan fingerprint density at radius 2 is 2.05 bits per heavy atom. The first-order valence-electron chi connectivity index (χ1n) is 7.49. The fourth-order valence-electron chi connectivity index (χ4n) is 3.40. The van der Waals surface area contributed by atoms with Gasteiger partial charge in [-0.25, -0.2) is 0 Å². The lowest BCUT2D eigenvalue weighted by molar-refractivity contribution is 0.0510. The van der Waals surface area contributed by atoms with Crippen molar-refractivity contribution in [3.8, 4) is 0 Å². The molecule has 108 valence electrons. The van der Waals surface area contributed by atoms with Gasteiger partial charge in [0.15, 0.2) is 0 Å². The van der Waals surface area contributed by atoms with E-state index >= 15 is 0 Å². The number of fused-ring (bicyclic) bond motifs is 1. The lowest BCUT2D eigenvalue weighted by atomic mass is 9.81. The van der Waals surface area contributed by atoms with E-state index in [0.29, 0.717) is 24.1 Å². The Balaban J connectivity index is 1.65. The molecule has 4 nitrogen and oxygen atoms in total. The third kappa shape index (κ3) is 2.72. The molecule has 1 aromatic rings. The molecule has 1 saturated carbocycles. The number of hydrogen-bond donors (Lipinski definition) is 2. The zero-order chi connectivity index (χ0) is 13.9. The molecule has 1 amide bonds. The van der Waals surface area contributed by atoms with Gasteiger partial charge in [0.2, 0.25) is 0 Å². The van der Waals surface area contributed by atoms with Gasteiger partial charge in [0.25, 0.3) is 5.91 Å². The summed E-state index contributed by atoms with van der Waals surface area (Å²) in [6.07, 6.45) is 4.77. The fraction of sp³-hybridized carbons (Fsp3) is 0.562. The van der Waals surface area contributed by atoms with Crippen LogP contribution in [0, 0.1) is 5.92 Å². The molecule has 4 heteroatoms. The summed E-state index contributed by atoms with van der Waals surface area (Å²) in [4.78, 5) is 12.3. The highest BCUT2D eigenvalue weighted by Gasteiger charge is 2.38. The summed E-state index contributed by atoms with van der Waals surface area (Å²) in [5, 5.41) is 3.19. The van der Waals surface area contributed by atoms with E-state index in [0.717, 1.165) is 37.9 Å². The lowest BCUT2D eigenvalue weighted by Crippen LogP contribution is -2.45. The van der Waals surface area contributed by atoms with Crippen LogP contribution in [0.2, 0.25) is 0 Å². The molecule has 1 heterocycles. The first kappa shape index (κ1) is 13.6. The average Bonchev–Trinajstić information content (AvgIpc) is 2.97. The first-order chi connectivity index (χ1) is 9.78. The SMILES string of the molecule is NCc1ccc(C(=O)N[C@@H]2CCC[C@H]3OCC[C@H]23)cc1. The highest BCUT2D eigenvalue weighted by Crippen LogP contribution is 2.34. The van der Waals surface area contributed by atoms with Crippen LogP contribution in [-0.2, 0) is 11.3 Å². The van der Waals surface area contributed by atoms with E-state index in [1.165, 1.54) is 0 Å². The highest BCUT2D eigenvalue weighted by molar-refractivity contribution is 5.94. The summed E-state index contributed by atoms with van der Waals surface area (Å²) in [6, 6.07) is 7.79. The smallest absolute Gasteiger partial charge is 0.251 e. The molecule has 0 spiro atoms. The molecule has 2 aliphatic rings. The Morgan fingerprint density at radius 3 is 2.80 bits per heavy atom. The number of hydrogen-bond acceptors (Lipinski definition) is 3. The van der Waals surface area contributed by atoms with Crippen LogP contribution in [0.1, 0.15) is 41.6 Å². The zero-order valence-corrected chi connectivity index (χ0v) is 11.7. The molecule has 3 N–H and O–H groups in total. The minimum absolute atomic E-state index is 0.0196. The van der Waals surface area contributed by atoms with Crippen LogP contribution in [0.4, 0.5) is 0 Å². The number of nitrogens with one attached hydrogen (secondary N) is 1. The summed E-state index contributed by atoms with van der Waals surface area (Å²) in [5.74, 6) is 0.516. The van der Waals surface area contributed by atoms with Gasteiger partial charge in [0, 0.05) is 30.7 Å². The summed E-state index contributed by atoms with van der Waals surface area (Å²) in [5.41, 5.74) is 7.33. The molecule has 1 saturated heterocycles. The van der Waals surface area contributed by atoms with Crippen LogP contribution in [0.25, 0.3) is 0 Å². The molecule has 1 aromatic carbocycles. The van der Waals surface area contributed by atoms with Crippen LogP contribution < -0.4 is 11.1 Å². The summed E-state index contributed by atoms with van der Waals surface area (Å²) >= 11 is 0. The van der Waals surface area contributed by atoms with E-state index in [2.05, 4.69) is 5.32 Å². The van der Waals surface area contributed by atoms with Crippen molar-refractivity contribution in [2.75, 3.05) is 6.61 Å². The number of ether oxygens (including phenoxy) is 1. The van der Waals surface area contributed by atoms with Crippen molar-refractivity contribution in [1.82, 2.24) is 5.32 Å². The lowest BCUT2D eigenvalue weighted by Gasteiger charge is -2.33. The zero-order valence-electron chi connectivity index (χ0n) is 11.7. The Morgan fingerprint density at radius 1 is 1.25 bits per heavy atom. The highest BCUT2D eigenvalue weighted by atomic mass is 16.5. The number of carbonyl (C=O) groups is 1. The number of carbonyl (C=O) groups excluding carboxylic acids is 1. The van der Waals surface area contributed by atoms with E-state index < -0.39 is 0 Å². The quantitative estimate of drug-likeness (QED) is 0.884. The van der Waals surface area contributed by atoms with Gasteiger partial charge in [-0.2, -0.15) is 0 Å². The standard InChI is InChI=1S/C16H22N2O2/c17-10-11-4-6-12(7-5-11)16(19)18-14-2-1-3-15-13(14)8-9-20-15/h4-7,13-15H,1-3,8-10,17H2,(H,18,19)/t13-,14-,15-/m1/s1. The van der Waals surface area contributed by atoms with Crippen molar-refractivity contribution in [3.63, 3.8) is 0 Å². The van der Waals surface area contributed by atoms with Crippen molar-refractivity contribution in [2.24, 2.45) is 11.7 Å². The Kier molecular flexibility index (Phi) is 4.03. The van der Waals surface area contributed by atoms with E-state index in [1.54, 1.807) is 0 Å². The van der Waals surface area contributed by atoms with Gasteiger partial charge in [-0.1, -0.05) is 12.1 Å². The maximum absolute atomic E-state index is 12.3. The molecule has 20 heavy (non-hydrogen) atoms. The molecule has 0 aromatic heterocycles.